The SMILES string of the molecule is CC(C)CC(=O)Nc1ccc(Cl)c(C(=O)NC2CCCNC2)c1.Cl. The van der Waals surface area contributed by atoms with Gasteiger partial charge >= 0.3 is 0 Å². The molecule has 1 unspecified atom stereocenters. The van der Waals surface area contributed by atoms with Gasteiger partial charge in [-0.2, -0.15) is 0 Å². The summed E-state index contributed by atoms with van der Waals surface area (Å²) < 4.78 is 0. The number of nitrogens with one attached hydrogen (secondary N) is 3. The second kappa shape index (κ2) is 9.87. The van der Waals surface area contributed by atoms with Crippen LogP contribution in [-0.2, 0) is 4.79 Å². The Hall–Kier alpha value is -1.30. The Morgan fingerprint density at radius 3 is 2.75 bits per heavy atom. The van der Waals surface area contributed by atoms with Gasteiger partial charge in [0.25, 0.3) is 5.91 Å². The maximum atomic E-state index is 12.4. The van der Waals surface area contributed by atoms with Gasteiger partial charge in [0.05, 0.1) is 10.6 Å². The Labute approximate surface area is 154 Å². The minimum Gasteiger partial charge on any atom is -0.348 e. The average Bonchev–Trinajstić information content (AvgIpc) is 2.49. The number of piperidine rings is 1. The highest BCUT2D eigenvalue weighted by Crippen LogP contribution is 2.21. The molecule has 2 amide bonds. The van der Waals surface area contributed by atoms with Crippen LogP contribution in [0.1, 0.15) is 43.5 Å². The van der Waals surface area contributed by atoms with Crippen molar-refractivity contribution in [3.8, 4) is 0 Å². The number of halogens is 2. The van der Waals surface area contributed by atoms with E-state index in [4.69, 9.17) is 11.6 Å². The van der Waals surface area contributed by atoms with Crippen LogP contribution in [-0.4, -0.2) is 30.9 Å². The number of carbonyl (C=O) groups excluding carboxylic acids is 2. The van der Waals surface area contributed by atoms with Gasteiger partial charge in [0.1, 0.15) is 0 Å². The van der Waals surface area contributed by atoms with E-state index in [0.717, 1.165) is 25.9 Å². The molecule has 1 aliphatic rings. The third-order valence-corrected chi connectivity index (χ3v) is 4.05. The van der Waals surface area contributed by atoms with E-state index in [9.17, 15) is 9.59 Å². The van der Waals surface area contributed by atoms with E-state index >= 15 is 0 Å². The van der Waals surface area contributed by atoms with Crippen LogP contribution in [0.15, 0.2) is 18.2 Å². The van der Waals surface area contributed by atoms with Crippen molar-refractivity contribution in [1.29, 1.82) is 0 Å². The molecule has 1 fully saturated rings. The minimum absolute atomic E-state index is 0. The summed E-state index contributed by atoms with van der Waals surface area (Å²) in [5.41, 5.74) is 0.978. The predicted octanol–water partition coefficient (Wildman–Crippen LogP) is 3.23. The molecule has 134 valence electrons. The monoisotopic (exact) mass is 373 g/mol. The lowest BCUT2D eigenvalue weighted by atomic mass is 10.1. The van der Waals surface area contributed by atoms with Crippen LogP contribution in [0.4, 0.5) is 5.69 Å². The van der Waals surface area contributed by atoms with Crippen molar-refractivity contribution >= 4 is 41.5 Å². The molecule has 0 radical (unpaired) electrons. The van der Waals surface area contributed by atoms with Gasteiger partial charge in [-0.3, -0.25) is 9.59 Å². The quantitative estimate of drug-likeness (QED) is 0.741. The predicted molar refractivity (Wildman–Crippen MR) is 100 cm³/mol. The fourth-order valence-corrected chi connectivity index (χ4v) is 2.80. The molecule has 5 nitrogen and oxygen atoms in total. The van der Waals surface area contributed by atoms with Gasteiger partial charge in [-0.05, 0) is 43.5 Å². The second-order valence-electron chi connectivity index (χ2n) is 6.36. The Morgan fingerprint density at radius 2 is 2.12 bits per heavy atom. The highest BCUT2D eigenvalue weighted by Gasteiger charge is 2.18. The molecule has 1 saturated heterocycles. The molecule has 0 aliphatic carbocycles. The van der Waals surface area contributed by atoms with Crippen LogP contribution in [0.2, 0.25) is 5.02 Å². The molecule has 1 heterocycles. The maximum absolute atomic E-state index is 12.4. The number of hydrogen-bond donors (Lipinski definition) is 3. The first kappa shape index (κ1) is 20.7. The molecule has 0 saturated carbocycles. The molecule has 3 N–H and O–H groups in total. The van der Waals surface area contributed by atoms with E-state index in [0.29, 0.717) is 22.7 Å². The van der Waals surface area contributed by atoms with Crippen molar-refractivity contribution < 1.29 is 9.59 Å². The molecular weight excluding hydrogens is 349 g/mol. The first-order valence-corrected chi connectivity index (χ1v) is 8.44. The molecule has 7 heteroatoms. The van der Waals surface area contributed by atoms with E-state index in [1.165, 1.54) is 0 Å². The van der Waals surface area contributed by atoms with Crippen LogP contribution in [0.5, 0.6) is 0 Å². The van der Waals surface area contributed by atoms with Gasteiger partial charge in [-0.25, -0.2) is 0 Å². The minimum atomic E-state index is -0.205. The molecule has 1 aliphatic heterocycles. The van der Waals surface area contributed by atoms with E-state index in [1.54, 1.807) is 18.2 Å². The van der Waals surface area contributed by atoms with Crippen molar-refractivity contribution in [2.45, 2.75) is 39.2 Å². The van der Waals surface area contributed by atoms with Crippen LogP contribution in [0.25, 0.3) is 0 Å². The van der Waals surface area contributed by atoms with Crippen LogP contribution in [0.3, 0.4) is 0 Å². The van der Waals surface area contributed by atoms with Gasteiger partial charge < -0.3 is 16.0 Å². The second-order valence-corrected chi connectivity index (χ2v) is 6.76. The van der Waals surface area contributed by atoms with Gasteiger partial charge in [-0.15, -0.1) is 12.4 Å². The zero-order valence-electron chi connectivity index (χ0n) is 14.0. The van der Waals surface area contributed by atoms with E-state index in [-0.39, 0.29) is 36.2 Å². The molecule has 0 aromatic heterocycles. The third kappa shape index (κ3) is 6.30. The average molecular weight is 374 g/mol. The standard InChI is InChI=1S/C17H24ClN3O2.ClH/c1-11(2)8-16(22)20-12-5-6-15(18)14(9-12)17(23)21-13-4-3-7-19-10-13;/h5-6,9,11,13,19H,3-4,7-8,10H2,1-2H3,(H,20,22)(H,21,23);1H. The lowest BCUT2D eigenvalue weighted by Gasteiger charge is -2.24. The van der Waals surface area contributed by atoms with Crippen molar-refractivity contribution in [2.24, 2.45) is 5.92 Å². The lowest BCUT2D eigenvalue weighted by Crippen LogP contribution is -2.45. The Bertz CT molecular complexity index is 573. The third-order valence-electron chi connectivity index (χ3n) is 3.72. The number of rotatable bonds is 5. The molecule has 0 spiro atoms. The fourth-order valence-electron chi connectivity index (χ4n) is 2.60. The number of carbonyl (C=O) groups is 2. The zero-order chi connectivity index (χ0) is 16.8. The van der Waals surface area contributed by atoms with Gasteiger partial charge in [0, 0.05) is 24.7 Å². The lowest BCUT2D eigenvalue weighted by molar-refractivity contribution is -0.116. The highest BCUT2D eigenvalue weighted by atomic mass is 35.5. The summed E-state index contributed by atoms with van der Waals surface area (Å²) in [5, 5.41) is 9.44. The van der Waals surface area contributed by atoms with E-state index < -0.39 is 0 Å². The summed E-state index contributed by atoms with van der Waals surface area (Å²) in [5.74, 6) is 0.0118. The first-order valence-electron chi connectivity index (χ1n) is 8.06. The molecule has 0 bridgehead atoms. The summed E-state index contributed by atoms with van der Waals surface area (Å²) in [7, 11) is 0. The van der Waals surface area contributed by atoms with Gasteiger partial charge in [0.2, 0.25) is 5.91 Å². The normalized spacial score (nSPS) is 17.1. The Balaban J connectivity index is 0.00000288. The largest absolute Gasteiger partial charge is 0.348 e. The van der Waals surface area contributed by atoms with Crippen LogP contribution >= 0.6 is 24.0 Å². The van der Waals surface area contributed by atoms with Crippen molar-refractivity contribution in [3.63, 3.8) is 0 Å². The van der Waals surface area contributed by atoms with E-state index in [2.05, 4.69) is 16.0 Å². The summed E-state index contributed by atoms with van der Waals surface area (Å²) in [6.07, 6.45) is 2.45. The van der Waals surface area contributed by atoms with E-state index in [1.807, 2.05) is 13.8 Å². The van der Waals surface area contributed by atoms with Crippen LogP contribution in [0, 0.1) is 5.92 Å². The first-order chi connectivity index (χ1) is 11.0. The van der Waals surface area contributed by atoms with Gasteiger partial charge in [0.15, 0.2) is 0 Å². The van der Waals surface area contributed by atoms with Crippen molar-refractivity contribution in [1.82, 2.24) is 10.6 Å². The molecule has 1 aromatic rings. The molecule has 24 heavy (non-hydrogen) atoms. The number of amides is 2. The maximum Gasteiger partial charge on any atom is 0.253 e. The van der Waals surface area contributed by atoms with Crippen LogP contribution < -0.4 is 16.0 Å². The topological polar surface area (TPSA) is 70.2 Å². The van der Waals surface area contributed by atoms with Crippen molar-refractivity contribution in [3.05, 3.63) is 28.8 Å². The van der Waals surface area contributed by atoms with Gasteiger partial charge in [-0.1, -0.05) is 25.4 Å². The molecule has 1 atom stereocenters. The summed E-state index contributed by atoms with van der Waals surface area (Å²) >= 11 is 6.14. The molecule has 1 aromatic carbocycles. The molecular formula is C17H25Cl2N3O2. The number of hydrogen-bond acceptors (Lipinski definition) is 3. The highest BCUT2D eigenvalue weighted by molar-refractivity contribution is 6.34. The smallest absolute Gasteiger partial charge is 0.253 e. The summed E-state index contributed by atoms with van der Waals surface area (Å²) in [6.45, 7) is 5.73. The number of benzene rings is 1. The fraction of sp³-hybridized carbons (Fsp3) is 0.529. The van der Waals surface area contributed by atoms with Crippen molar-refractivity contribution in [2.75, 3.05) is 18.4 Å². The Morgan fingerprint density at radius 1 is 1.38 bits per heavy atom. The summed E-state index contributed by atoms with van der Waals surface area (Å²) in [4.78, 5) is 24.3. The zero-order valence-corrected chi connectivity index (χ0v) is 15.6. The Kier molecular flexibility index (Phi) is 8.53. The molecule has 2 rings (SSSR count). The number of anilines is 1. The summed E-state index contributed by atoms with van der Waals surface area (Å²) in [6, 6.07) is 5.10.